The largest absolute Gasteiger partial charge is 0.399 e. The molecule has 0 aliphatic rings. The molecule has 0 aliphatic heterocycles. The number of benzene rings is 2. The second-order valence-electron chi connectivity index (χ2n) is 4.63. The molecular weight excluding hydrogens is 320 g/mol. The molecule has 23 heavy (non-hydrogen) atoms. The van der Waals surface area contributed by atoms with Gasteiger partial charge in [0, 0.05) is 12.6 Å². The highest BCUT2D eigenvalue weighted by molar-refractivity contribution is 7.85. The van der Waals surface area contributed by atoms with Gasteiger partial charge in [-0.3, -0.25) is 9.35 Å². The molecule has 0 saturated heterocycles. The molecule has 0 atom stereocenters. The van der Waals surface area contributed by atoms with E-state index in [2.05, 4.69) is 15.5 Å². The van der Waals surface area contributed by atoms with Crippen molar-refractivity contribution in [1.82, 2.24) is 0 Å². The summed E-state index contributed by atoms with van der Waals surface area (Å²) in [4.78, 5) is 10.9. The molecule has 0 aromatic heterocycles. The third-order valence-corrected chi connectivity index (χ3v) is 3.57. The molecule has 2 aromatic carbocycles. The highest BCUT2D eigenvalue weighted by Crippen LogP contribution is 2.29. The molecule has 0 fully saturated rings. The third kappa shape index (κ3) is 4.59. The topological polar surface area (TPSA) is 134 Å². The first-order chi connectivity index (χ1) is 10.8. The molecule has 0 aliphatic carbocycles. The molecule has 120 valence electrons. The van der Waals surface area contributed by atoms with E-state index in [1.54, 1.807) is 12.1 Å². The van der Waals surface area contributed by atoms with E-state index in [0.29, 0.717) is 17.1 Å². The number of azo groups is 1. The highest BCUT2D eigenvalue weighted by atomic mass is 32.2. The Morgan fingerprint density at radius 3 is 2.57 bits per heavy atom. The minimum absolute atomic E-state index is 0.228. The summed E-state index contributed by atoms with van der Waals surface area (Å²) in [6, 6.07) is 10.0. The van der Waals surface area contributed by atoms with Crippen molar-refractivity contribution in [2.75, 3.05) is 11.1 Å². The molecule has 0 radical (unpaired) electrons. The van der Waals surface area contributed by atoms with E-state index in [1.807, 2.05) is 0 Å². The van der Waals surface area contributed by atoms with Gasteiger partial charge in [0.25, 0.3) is 10.1 Å². The van der Waals surface area contributed by atoms with Crippen LogP contribution in [0.15, 0.2) is 57.6 Å². The van der Waals surface area contributed by atoms with Gasteiger partial charge < -0.3 is 11.1 Å². The first-order valence-electron chi connectivity index (χ1n) is 6.42. The Labute approximate surface area is 132 Å². The zero-order valence-corrected chi connectivity index (χ0v) is 12.9. The molecule has 9 heteroatoms. The van der Waals surface area contributed by atoms with Gasteiger partial charge in [0.1, 0.15) is 5.69 Å². The lowest BCUT2D eigenvalue weighted by molar-refractivity contribution is -0.114. The summed E-state index contributed by atoms with van der Waals surface area (Å²) in [7, 11) is -4.31. The van der Waals surface area contributed by atoms with E-state index in [0.717, 1.165) is 0 Å². The first kappa shape index (κ1) is 16.6. The lowest BCUT2D eigenvalue weighted by Gasteiger charge is -2.06. The Hall–Kier alpha value is -2.78. The van der Waals surface area contributed by atoms with Crippen LogP contribution in [0.2, 0.25) is 0 Å². The number of hydrogen-bond donors (Lipinski definition) is 3. The fourth-order valence-electron chi connectivity index (χ4n) is 1.75. The molecule has 0 spiro atoms. The van der Waals surface area contributed by atoms with Crippen molar-refractivity contribution in [1.29, 1.82) is 0 Å². The maximum Gasteiger partial charge on any atom is 0.294 e. The van der Waals surface area contributed by atoms with Gasteiger partial charge in [-0.25, -0.2) is 0 Å². The summed E-state index contributed by atoms with van der Waals surface area (Å²) in [5, 5.41) is 10.5. The van der Waals surface area contributed by atoms with Crippen molar-refractivity contribution in [3.63, 3.8) is 0 Å². The number of carbonyl (C=O) groups is 1. The normalized spacial score (nSPS) is 11.6. The Morgan fingerprint density at radius 1 is 1.17 bits per heavy atom. The first-order valence-corrected chi connectivity index (χ1v) is 7.86. The van der Waals surface area contributed by atoms with Crippen molar-refractivity contribution >= 4 is 38.8 Å². The lowest BCUT2D eigenvalue weighted by Crippen LogP contribution is -2.06. The average molecular weight is 334 g/mol. The average Bonchev–Trinajstić information content (AvgIpc) is 2.45. The quantitative estimate of drug-likeness (QED) is 0.449. The fourth-order valence-corrected chi connectivity index (χ4v) is 2.27. The summed E-state index contributed by atoms with van der Waals surface area (Å²) >= 11 is 0. The number of nitrogens with one attached hydrogen (secondary N) is 1. The van der Waals surface area contributed by atoms with Gasteiger partial charge in [0.15, 0.2) is 0 Å². The van der Waals surface area contributed by atoms with E-state index in [-0.39, 0.29) is 16.5 Å². The summed E-state index contributed by atoms with van der Waals surface area (Å²) < 4.78 is 31.2. The maximum absolute atomic E-state index is 11.2. The van der Waals surface area contributed by atoms with E-state index in [9.17, 15) is 13.2 Å². The van der Waals surface area contributed by atoms with Crippen LogP contribution in [0.3, 0.4) is 0 Å². The zero-order chi connectivity index (χ0) is 17.0. The van der Waals surface area contributed by atoms with Gasteiger partial charge in [-0.15, -0.1) is 5.11 Å². The molecule has 0 heterocycles. The second-order valence-corrected chi connectivity index (χ2v) is 6.05. The smallest absolute Gasteiger partial charge is 0.294 e. The van der Waals surface area contributed by atoms with Crippen molar-refractivity contribution in [2.24, 2.45) is 10.2 Å². The number of nitrogens with two attached hydrogens (primary N) is 1. The molecule has 2 rings (SSSR count). The van der Waals surface area contributed by atoms with Crippen LogP contribution in [-0.2, 0) is 14.9 Å². The summed E-state index contributed by atoms with van der Waals surface area (Å²) in [6.45, 7) is 1.35. The maximum atomic E-state index is 11.2. The van der Waals surface area contributed by atoms with Crippen LogP contribution in [-0.4, -0.2) is 18.9 Å². The van der Waals surface area contributed by atoms with Crippen LogP contribution in [0.1, 0.15) is 6.92 Å². The van der Waals surface area contributed by atoms with E-state index >= 15 is 0 Å². The van der Waals surface area contributed by atoms with Gasteiger partial charge in [-0.05, 0) is 36.4 Å². The van der Waals surface area contributed by atoms with Gasteiger partial charge >= 0.3 is 0 Å². The number of rotatable bonds is 4. The molecule has 8 nitrogen and oxygen atoms in total. The van der Waals surface area contributed by atoms with Crippen LogP contribution in [0.4, 0.5) is 22.7 Å². The van der Waals surface area contributed by atoms with Crippen LogP contribution < -0.4 is 11.1 Å². The minimum Gasteiger partial charge on any atom is -0.399 e. The standard InChI is InChI=1S/C14H14N4O4S/c1-9(19)16-14-7-10(15)5-6-13(14)18-17-11-3-2-4-12(8-11)23(20,21)22/h2-8H,15H2,1H3,(H,16,19)(H,20,21,22)/b18-17+. The molecule has 0 bridgehead atoms. The predicted octanol–water partition coefficient (Wildman–Crippen LogP) is 2.89. The monoisotopic (exact) mass is 334 g/mol. The van der Waals surface area contributed by atoms with Crippen molar-refractivity contribution in [3.05, 3.63) is 42.5 Å². The Balaban J connectivity index is 2.35. The number of amides is 1. The van der Waals surface area contributed by atoms with Gasteiger partial charge in [0.2, 0.25) is 5.91 Å². The van der Waals surface area contributed by atoms with Gasteiger partial charge in [-0.2, -0.15) is 13.5 Å². The minimum atomic E-state index is -4.31. The van der Waals surface area contributed by atoms with E-state index in [4.69, 9.17) is 10.3 Å². The SMILES string of the molecule is CC(=O)Nc1cc(N)ccc1/N=N/c1cccc(S(=O)(=O)O)c1. The summed E-state index contributed by atoms with van der Waals surface area (Å²) in [5.41, 5.74) is 7.07. The molecule has 2 aromatic rings. The highest BCUT2D eigenvalue weighted by Gasteiger charge is 2.09. The summed E-state index contributed by atoms with van der Waals surface area (Å²) in [5.74, 6) is -0.291. The number of carbonyl (C=O) groups excluding carboxylic acids is 1. The molecule has 1 amide bonds. The van der Waals surface area contributed by atoms with Crippen LogP contribution >= 0.6 is 0 Å². The zero-order valence-electron chi connectivity index (χ0n) is 12.1. The predicted molar refractivity (Wildman–Crippen MR) is 85.6 cm³/mol. The number of anilines is 2. The molecule has 0 unspecified atom stereocenters. The molecule has 4 N–H and O–H groups in total. The number of nitrogens with zero attached hydrogens (tertiary/aromatic N) is 2. The lowest BCUT2D eigenvalue weighted by atomic mass is 10.2. The third-order valence-electron chi connectivity index (χ3n) is 2.72. The van der Waals surface area contributed by atoms with Gasteiger partial charge in [-0.1, -0.05) is 6.07 Å². The Kier molecular flexibility index (Phi) is 4.72. The van der Waals surface area contributed by atoms with E-state index < -0.39 is 10.1 Å². The van der Waals surface area contributed by atoms with Crippen LogP contribution in [0.25, 0.3) is 0 Å². The Bertz CT molecular complexity index is 878. The van der Waals surface area contributed by atoms with Crippen molar-refractivity contribution in [3.8, 4) is 0 Å². The van der Waals surface area contributed by atoms with Crippen molar-refractivity contribution in [2.45, 2.75) is 11.8 Å². The van der Waals surface area contributed by atoms with Crippen molar-refractivity contribution < 1.29 is 17.8 Å². The molecule has 0 saturated carbocycles. The van der Waals surface area contributed by atoms with Crippen LogP contribution in [0, 0.1) is 0 Å². The molecular formula is C14H14N4O4S. The second kappa shape index (κ2) is 6.55. The Morgan fingerprint density at radius 2 is 1.91 bits per heavy atom. The number of hydrogen-bond acceptors (Lipinski definition) is 6. The van der Waals surface area contributed by atoms with Gasteiger partial charge in [0.05, 0.1) is 16.3 Å². The van der Waals surface area contributed by atoms with E-state index in [1.165, 1.54) is 37.3 Å². The fraction of sp³-hybridized carbons (Fsp3) is 0.0714. The summed E-state index contributed by atoms with van der Waals surface area (Å²) in [6.07, 6.45) is 0. The van der Waals surface area contributed by atoms with Crippen LogP contribution in [0.5, 0.6) is 0 Å². The number of nitrogen functional groups attached to an aromatic ring is 1.